The van der Waals surface area contributed by atoms with Crippen molar-refractivity contribution in [3.63, 3.8) is 0 Å². The molecule has 0 aliphatic heterocycles. The van der Waals surface area contributed by atoms with Gasteiger partial charge in [0.2, 0.25) is 0 Å². The molecule has 3 heterocycles. The van der Waals surface area contributed by atoms with Gasteiger partial charge in [-0.2, -0.15) is 0 Å². The summed E-state index contributed by atoms with van der Waals surface area (Å²) in [6.07, 6.45) is 5.86. The topological polar surface area (TPSA) is 43.1 Å². The highest BCUT2D eigenvalue weighted by atomic mass is 32.2. The van der Waals surface area contributed by atoms with Crippen molar-refractivity contribution in [1.82, 2.24) is 19.4 Å². The molecule has 0 aliphatic rings. The Morgan fingerprint density at radius 3 is 3.18 bits per heavy atom. The molecule has 0 atom stereocenters. The van der Waals surface area contributed by atoms with Gasteiger partial charge in [0.15, 0.2) is 10.1 Å². The van der Waals surface area contributed by atoms with E-state index in [0.29, 0.717) is 0 Å². The normalized spacial score (nSPS) is 11.1. The molecular weight excluding hydrogens is 252 g/mol. The van der Waals surface area contributed by atoms with Crippen LogP contribution in [-0.4, -0.2) is 19.4 Å². The van der Waals surface area contributed by atoms with Crippen molar-refractivity contribution in [2.45, 2.75) is 17.8 Å². The first-order valence-electron chi connectivity index (χ1n) is 5.15. The quantitative estimate of drug-likeness (QED) is 0.538. The zero-order valence-corrected chi connectivity index (χ0v) is 10.8. The highest BCUT2D eigenvalue weighted by molar-refractivity contribution is 7.98. The molecule has 3 rings (SSSR count). The van der Waals surface area contributed by atoms with Crippen LogP contribution in [0.25, 0.3) is 4.96 Å². The number of nitrogens with zero attached hydrogens (tertiary/aromatic N) is 4. The third-order valence-electron chi connectivity index (χ3n) is 2.27. The number of imidazole rings is 1. The second-order valence-electron chi connectivity index (χ2n) is 3.59. The van der Waals surface area contributed by atoms with Crippen LogP contribution in [0.1, 0.15) is 11.4 Å². The van der Waals surface area contributed by atoms with Gasteiger partial charge >= 0.3 is 0 Å². The van der Waals surface area contributed by atoms with Gasteiger partial charge in [-0.3, -0.25) is 4.40 Å². The van der Waals surface area contributed by atoms with Crippen molar-refractivity contribution in [1.29, 1.82) is 0 Å². The second-order valence-corrected chi connectivity index (χ2v) is 5.41. The molecule has 0 saturated carbocycles. The van der Waals surface area contributed by atoms with E-state index in [2.05, 4.69) is 21.1 Å². The maximum atomic E-state index is 4.52. The number of aryl methyl sites for hydroxylation is 1. The monoisotopic (exact) mass is 262 g/mol. The molecule has 86 valence electrons. The summed E-state index contributed by atoms with van der Waals surface area (Å²) in [7, 11) is 0. The summed E-state index contributed by atoms with van der Waals surface area (Å²) in [4.78, 5) is 14.1. The van der Waals surface area contributed by atoms with E-state index >= 15 is 0 Å². The zero-order valence-electron chi connectivity index (χ0n) is 9.20. The summed E-state index contributed by atoms with van der Waals surface area (Å²) in [5.41, 5.74) is 2.06. The lowest BCUT2D eigenvalue weighted by atomic mass is 10.5. The molecule has 0 N–H and O–H groups in total. The van der Waals surface area contributed by atoms with Gasteiger partial charge in [0.05, 0.1) is 5.69 Å². The Morgan fingerprint density at radius 1 is 1.41 bits per heavy atom. The van der Waals surface area contributed by atoms with Crippen LogP contribution < -0.4 is 0 Å². The van der Waals surface area contributed by atoms with Gasteiger partial charge < -0.3 is 0 Å². The standard InChI is InChI=1S/C11H10N4S2/c1-8-2-3-12-10(13-8)17-7-9-6-15-4-5-16-11(15)14-9/h2-6H,7H2,1H3. The van der Waals surface area contributed by atoms with Gasteiger partial charge in [-0.1, -0.05) is 11.8 Å². The van der Waals surface area contributed by atoms with Crippen LogP contribution in [0, 0.1) is 6.92 Å². The van der Waals surface area contributed by atoms with Gasteiger partial charge in [0.1, 0.15) is 0 Å². The Bertz CT molecular complexity index is 615. The molecule has 4 nitrogen and oxygen atoms in total. The van der Waals surface area contributed by atoms with E-state index in [0.717, 1.165) is 27.3 Å². The first-order chi connectivity index (χ1) is 8.31. The lowest BCUT2D eigenvalue weighted by Gasteiger charge is -1.97. The molecule has 0 amide bonds. The van der Waals surface area contributed by atoms with Crippen LogP contribution >= 0.6 is 23.1 Å². The summed E-state index contributed by atoms with van der Waals surface area (Å²) in [6.45, 7) is 1.97. The van der Waals surface area contributed by atoms with Crippen molar-refractivity contribution in [3.05, 3.63) is 41.4 Å². The summed E-state index contributed by atoms with van der Waals surface area (Å²) < 4.78 is 2.04. The molecular formula is C11H10N4S2. The fourth-order valence-corrected chi connectivity index (χ4v) is 2.96. The smallest absolute Gasteiger partial charge is 0.193 e. The third-order valence-corrected chi connectivity index (χ3v) is 3.93. The Kier molecular flexibility index (Phi) is 2.82. The zero-order chi connectivity index (χ0) is 11.7. The number of aromatic nitrogens is 4. The fourth-order valence-electron chi connectivity index (χ4n) is 1.48. The molecule has 0 radical (unpaired) electrons. The maximum absolute atomic E-state index is 4.52. The van der Waals surface area contributed by atoms with Gasteiger partial charge in [0, 0.05) is 35.4 Å². The van der Waals surface area contributed by atoms with E-state index < -0.39 is 0 Å². The molecule has 0 saturated heterocycles. The predicted octanol–water partition coefficient (Wildman–Crippen LogP) is 2.79. The minimum atomic E-state index is 0.803. The molecule has 6 heteroatoms. The number of rotatable bonds is 3. The van der Waals surface area contributed by atoms with Gasteiger partial charge in [-0.15, -0.1) is 11.3 Å². The molecule has 0 aromatic carbocycles. The van der Waals surface area contributed by atoms with Crippen molar-refractivity contribution in [3.8, 4) is 0 Å². The number of thiazole rings is 1. The molecule has 0 aliphatic carbocycles. The lowest BCUT2D eigenvalue weighted by Crippen LogP contribution is -1.89. The first kappa shape index (κ1) is 10.7. The minimum absolute atomic E-state index is 0.803. The second kappa shape index (κ2) is 4.46. The summed E-state index contributed by atoms with van der Waals surface area (Å²) in [5, 5.41) is 2.84. The van der Waals surface area contributed by atoms with Crippen molar-refractivity contribution < 1.29 is 0 Å². The maximum Gasteiger partial charge on any atom is 0.193 e. The van der Waals surface area contributed by atoms with Crippen molar-refractivity contribution in [2.75, 3.05) is 0 Å². The van der Waals surface area contributed by atoms with Gasteiger partial charge in [0.25, 0.3) is 0 Å². The molecule has 0 unspecified atom stereocenters. The average molecular weight is 262 g/mol. The van der Waals surface area contributed by atoms with Crippen LogP contribution in [-0.2, 0) is 5.75 Å². The summed E-state index contributed by atoms with van der Waals surface area (Å²) >= 11 is 3.26. The molecule has 17 heavy (non-hydrogen) atoms. The van der Waals surface area contributed by atoms with Crippen LogP contribution in [0.4, 0.5) is 0 Å². The first-order valence-corrected chi connectivity index (χ1v) is 7.01. The Morgan fingerprint density at radius 2 is 2.35 bits per heavy atom. The predicted molar refractivity (Wildman–Crippen MR) is 69.4 cm³/mol. The summed E-state index contributed by atoms with van der Waals surface area (Å²) in [5.74, 6) is 0.803. The Hall–Kier alpha value is -1.40. The molecule has 3 aromatic rings. The number of hydrogen-bond donors (Lipinski definition) is 0. The largest absolute Gasteiger partial charge is 0.297 e. The van der Waals surface area contributed by atoms with E-state index in [-0.39, 0.29) is 0 Å². The molecule has 0 spiro atoms. The Labute approximate surface area is 107 Å². The fraction of sp³-hybridized carbons (Fsp3) is 0.182. The lowest BCUT2D eigenvalue weighted by molar-refractivity contribution is 0.931. The highest BCUT2D eigenvalue weighted by Gasteiger charge is 2.04. The number of hydrogen-bond acceptors (Lipinski definition) is 5. The van der Waals surface area contributed by atoms with E-state index in [1.807, 2.05) is 29.0 Å². The number of fused-ring (bicyclic) bond motifs is 1. The Balaban J connectivity index is 1.74. The third kappa shape index (κ3) is 2.32. The molecule has 3 aromatic heterocycles. The van der Waals surface area contributed by atoms with E-state index in [4.69, 9.17) is 0 Å². The number of thioether (sulfide) groups is 1. The van der Waals surface area contributed by atoms with Crippen LogP contribution in [0.2, 0.25) is 0 Å². The molecule has 0 bridgehead atoms. The van der Waals surface area contributed by atoms with Crippen LogP contribution in [0.15, 0.2) is 35.2 Å². The van der Waals surface area contributed by atoms with E-state index in [1.165, 1.54) is 0 Å². The average Bonchev–Trinajstić information content (AvgIpc) is 2.86. The minimum Gasteiger partial charge on any atom is -0.297 e. The summed E-state index contributed by atoms with van der Waals surface area (Å²) in [6, 6.07) is 1.90. The van der Waals surface area contributed by atoms with Gasteiger partial charge in [-0.05, 0) is 13.0 Å². The van der Waals surface area contributed by atoms with E-state index in [9.17, 15) is 0 Å². The van der Waals surface area contributed by atoms with Crippen molar-refractivity contribution >= 4 is 28.1 Å². The molecule has 0 fully saturated rings. The highest BCUT2D eigenvalue weighted by Crippen LogP contribution is 2.20. The van der Waals surface area contributed by atoms with Crippen LogP contribution in [0.5, 0.6) is 0 Å². The van der Waals surface area contributed by atoms with Crippen molar-refractivity contribution in [2.24, 2.45) is 0 Å². The van der Waals surface area contributed by atoms with E-state index in [1.54, 1.807) is 29.3 Å². The SMILES string of the molecule is Cc1ccnc(SCc2cn3ccsc3n2)n1. The van der Waals surface area contributed by atoms with Gasteiger partial charge in [-0.25, -0.2) is 15.0 Å². The van der Waals surface area contributed by atoms with Crippen LogP contribution in [0.3, 0.4) is 0 Å².